The fraction of sp³-hybridized carbons (Fsp3) is 0.455. The molecule has 0 aliphatic carbocycles. The summed E-state index contributed by atoms with van der Waals surface area (Å²) in [5.41, 5.74) is 5.42. The monoisotopic (exact) mass is 240 g/mol. The molecule has 0 aromatic carbocycles. The zero-order valence-corrected chi connectivity index (χ0v) is 9.97. The van der Waals surface area contributed by atoms with E-state index < -0.39 is 0 Å². The lowest BCUT2D eigenvalue weighted by molar-refractivity contribution is 0.317. The van der Waals surface area contributed by atoms with E-state index in [0.29, 0.717) is 18.8 Å². The quantitative estimate of drug-likeness (QED) is 0.354. The van der Waals surface area contributed by atoms with Crippen LogP contribution in [0.2, 0.25) is 0 Å². The maximum Gasteiger partial charge on any atom is 0.141 e. The smallest absolute Gasteiger partial charge is 0.141 e. The third-order valence-electron chi connectivity index (χ3n) is 2.37. The van der Waals surface area contributed by atoms with Crippen LogP contribution >= 0.6 is 0 Å². The van der Waals surface area contributed by atoms with Crippen LogP contribution in [0, 0.1) is 5.82 Å². The Morgan fingerprint density at radius 3 is 2.76 bits per heavy atom. The van der Waals surface area contributed by atoms with Gasteiger partial charge in [0, 0.05) is 19.0 Å². The van der Waals surface area contributed by atoms with E-state index in [1.807, 2.05) is 18.7 Å². The number of anilines is 1. The Bertz CT molecular complexity index is 378. The molecule has 0 atom stereocenters. The van der Waals surface area contributed by atoms with E-state index in [0.717, 1.165) is 0 Å². The van der Waals surface area contributed by atoms with Gasteiger partial charge in [0.1, 0.15) is 17.5 Å². The number of pyridine rings is 1. The molecule has 3 N–H and O–H groups in total. The summed E-state index contributed by atoms with van der Waals surface area (Å²) in [6.07, 6.45) is 1.60. The van der Waals surface area contributed by atoms with Gasteiger partial charge in [-0.1, -0.05) is 5.16 Å². The van der Waals surface area contributed by atoms with E-state index in [4.69, 9.17) is 10.9 Å². The highest BCUT2D eigenvalue weighted by Crippen LogP contribution is 2.14. The molecule has 0 aliphatic rings. The fourth-order valence-electron chi connectivity index (χ4n) is 1.46. The minimum Gasteiger partial charge on any atom is -0.409 e. The van der Waals surface area contributed by atoms with Crippen molar-refractivity contribution < 1.29 is 9.60 Å². The number of rotatable bonds is 5. The summed E-state index contributed by atoms with van der Waals surface area (Å²) in [5.74, 6) is 0.471. The van der Waals surface area contributed by atoms with E-state index >= 15 is 0 Å². The first-order valence-corrected chi connectivity index (χ1v) is 5.39. The number of amidine groups is 1. The first kappa shape index (κ1) is 13.2. The molecule has 94 valence electrons. The third kappa shape index (κ3) is 3.90. The average molecular weight is 240 g/mol. The van der Waals surface area contributed by atoms with Crippen LogP contribution in [0.1, 0.15) is 20.3 Å². The van der Waals surface area contributed by atoms with Crippen molar-refractivity contribution >= 4 is 11.7 Å². The molecule has 0 fully saturated rings. The molecule has 1 aromatic heterocycles. The predicted octanol–water partition coefficient (Wildman–Crippen LogP) is 1.57. The van der Waals surface area contributed by atoms with Crippen LogP contribution in [0.15, 0.2) is 23.5 Å². The van der Waals surface area contributed by atoms with Crippen LogP contribution in [-0.4, -0.2) is 28.6 Å². The van der Waals surface area contributed by atoms with E-state index in [-0.39, 0.29) is 17.7 Å². The highest BCUT2D eigenvalue weighted by Gasteiger charge is 2.12. The van der Waals surface area contributed by atoms with Crippen molar-refractivity contribution in [1.29, 1.82) is 0 Å². The van der Waals surface area contributed by atoms with Crippen molar-refractivity contribution in [2.24, 2.45) is 10.9 Å². The summed E-state index contributed by atoms with van der Waals surface area (Å²) in [4.78, 5) is 5.97. The number of hydrogen-bond acceptors (Lipinski definition) is 4. The van der Waals surface area contributed by atoms with Gasteiger partial charge in [0.25, 0.3) is 0 Å². The number of halogens is 1. The lowest BCUT2D eigenvalue weighted by atomic mass is 10.2. The molecule has 1 heterocycles. The van der Waals surface area contributed by atoms with Gasteiger partial charge in [-0.3, -0.25) is 0 Å². The maximum absolute atomic E-state index is 12.8. The second-order valence-electron chi connectivity index (χ2n) is 3.96. The molecule has 5 nitrogen and oxygen atoms in total. The zero-order chi connectivity index (χ0) is 12.8. The molecule has 0 saturated heterocycles. The SMILES string of the molecule is CC(C)N(CC/C(N)=N/O)c1ccc(F)cn1. The minimum absolute atomic E-state index is 0.165. The Kier molecular flexibility index (Phi) is 4.68. The highest BCUT2D eigenvalue weighted by atomic mass is 19.1. The molecule has 1 rings (SSSR count). The normalized spacial score (nSPS) is 11.9. The molecule has 0 spiro atoms. The van der Waals surface area contributed by atoms with E-state index in [9.17, 15) is 4.39 Å². The van der Waals surface area contributed by atoms with Gasteiger partial charge in [0.15, 0.2) is 0 Å². The Labute approximate surface area is 99.7 Å². The molecule has 0 bridgehead atoms. The van der Waals surface area contributed by atoms with Gasteiger partial charge < -0.3 is 15.8 Å². The Balaban J connectivity index is 2.75. The Hall–Kier alpha value is -1.85. The van der Waals surface area contributed by atoms with Crippen molar-refractivity contribution in [2.45, 2.75) is 26.3 Å². The Morgan fingerprint density at radius 1 is 1.59 bits per heavy atom. The number of oxime groups is 1. The second kappa shape index (κ2) is 6.03. The van der Waals surface area contributed by atoms with Gasteiger partial charge in [-0.15, -0.1) is 0 Å². The lowest BCUT2D eigenvalue weighted by Crippen LogP contribution is -2.34. The molecule has 0 saturated carbocycles. The summed E-state index contributed by atoms with van der Waals surface area (Å²) in [7, 11) is 0. The average Bonchev–Trinajstić information content (AvgIpc) is 2.31. The predicted molar refractivity (Wildman–Crippen MR) is 64.7 cm³/mol. The second-order valence-corrected chi connectivity index (χ2v) is 3.96. The summed E-state index contributed by atoms with van der Waals surface area (Å²) in [6, 6.07) is 3.17. The fourth-order valence-corrected chi connectivity index (χ4v) is 1.46. The molecule has 0 amide bonds. The maximum atomic E-state index is 12.8. The van der Waals surface area contributed by atoms with Crippen molar-refractivity contribution in [3.63, 3.8) is 0 Å². The topological polar surface area (TPSA) is 74.7 Å². The zero-order valence-electron chi connectivity index (χ0n) is 9.97. The standard InChI is InChI=1S/C11H17FN4O/c1-8(2)16(6-5-10(13)15-17)11-4-3-9(12)7-14-11/h3-4,7-8,17H,5-6H2,1-2H3,(H2,13,15). The third-order valence-corrected chi connectivity index (χ3v) is 2.37. The van der Waals surface area contributed by atoms with Gasteiger partial charge in [0.05, 0.1) is 6.20 Å². The highest BCUT2D eigenvalue weighted by molar-refractivity contribution is 5.80. The van der Waals surface area contributed by atoms with Gasteiger partial charge in [-0.25, -0.2) is 9.37 Å². The van der Waals surface area contributed by atoms with Gasteiger partial charge in [-0.05, 0) is 26.0 Å². The van der Waals surface area contributed by atoms with Crippen LogP contribution in [0.3, 0.4) is 0 Å². The molecule has 1 aromatic rings. The molecular weight excluding hydrogens is 223 g/mol. The van der Waals surface area contributed by atoms with Gasteiger partial charge >= 0.3 is 0 Å². The van der Waals surface area contributed by atoms with Crippen LogP contribution in [0.4, 0.5) is 10.2 Å². The van der Waals surface area contributed by atoms with Crippen LogP contribution < -0.4 is 10.6 Å². The molecule has 17 heavy (non-hydrogen) atoms. The van der Waals surface area contributed by atoms with E-state index in [1.165, 1.54) is 12.3 Å². The van der Waals surface area contributed by atoms with Crippen molar-refractivity contribution in [3.05, 3.63) is 24.1 Å². The van der Waals surface area contributed by atoms with Crippen LogP contribution in [-0.2, 0) is 0 Å². The number of nitrogens with zero attached hydrogens (tertiary/aromatic N) is 3. The van der Waals surface area contributed by atoms with Crippen molar-refractivity contribution in [1.82, 2.24) is 4.98 Å². The molecule has 0 radical (unpaired) electrons. The van der Waals surface area contributed by atoms with E-state index in [1.54, 1.807) is 6.07 Å². The van der Waals surface area contributed by atoms with Crippen molar-refractivity contribution in [2.75, 3.05) is 11.4 Å². The number of aromatic nitrogens is 1. The summed E-state index contributed by atoms with van der Waals surface area (Å²) in [6.45, 7) is 4.56. The van der Waals surface area contributed by atoms with Crippen LogP contribution in [0.5, 0.6) is 0 Å². The minimum atomic E-state index is -0.367. The van der Waals surface area contributed by atoms with Gasteiger partial charge in [0.2, 0.25) is 0 Å². The Morgan fingerprint density at radius 2 is 2.29 bits per heavy atom. The van der Waals surface area contributed by atoms with Gasteiger partial charge in [-0.2, -0.15) is 0 Å². The number of hydrogen-bond donors (Lipinski definition) is 2. The lowest BCUT2D eigenvalue weighted by Gasteiger charge is -2.27. The summed E-state index contributed by atoms with van der Waals surface area (Å²) in [5, 5.41) is 11.4. The molecule has 0 unspecified atom stereocenters. The van der Waals surface area contributed by atoms with Crippen LogP contribution in [0.25, 0.3) is 0 Å². The first-order chi connectivity index (χ1) is 8.04. The number of nitrogens with two attached hydrogens (primary N) is 1. The summed E-state index contributed by atoms with van der Waals surface area (Å²) >= 11 is 0. The molecule has 0 aliphatic heterocycles. The van der Waals surface area contributed by atoms with Crippen molar-refractivity contribution in [3.8, 4) is 0 Å². The summed E-state index contributed by atoms with van der Waals surface area (Å²) < 4.78 is 12.8. The molecule has 6 heteroatoms. The largest absolute Gasteiger partial charge is 0.409 e. The van der Waals surface area contributed by atoms with E-state index in [2.05, 4.69) is 10.1 Å². The molecular formula is C11H17FN4O. The first-order valence-electron chi connectivity index (χ1n) is 5.39.